The fourth-order valence-electron chi connectivity index (χ4n) is 2.29. The van der Waals surface area contributed by atoms with Gasteiger partial charge < -0.3 is 10.6 Å². The molecule has 0 fully saturated rings. The van der Waals surface area contributed by atoms with Gasteiger partial charge in [-0.1, -0.05) is 23.7 Å². The molecule has 0 bridgehead atoms. The number of hydrogen-bond acceptors (Lipinski definition) is 4. The monoisotopic (exact) mass is 357 g/mol. The zero-order valence-corrected chi connectivity index (χ0v) is 14.6. The molecule has 0 aliphatic carbocycles. The molecule has 3 aromatic rings. The van der Waals surface area contributed by atoms with Gasteiger partial charge in [-0.3, -0.25) is 9.78 Å². The molecule has 2 heterocycles. The normalized spacial score (nSPS) is 10.4. The number of carbonyl (C=O) groups excluding carboxylic acids is 1. The third-order valence-electron chi connectivity index (χ3n) is 3.50. The Morgan fingerprint density at radius 1 is 1.17 bits per heavy atom. The molecule has 3 rings (SSSR count). The number of amides is 1. The maximum absolute atomic E-state index is 12.3. The van der Waals surface area contributed by atoms with Crippen LogP contribution < -0.4 is 10.6 Å². The van der Waals surface area contributed by atoms with Gasteiger partial charge in [0.25, 0.3) is 0 Å². The van der Waals surface area contributed by atoms with Gasteiger partial charge in [0, 0.05) is 29.3 Å². The predicted octanol–water partition coefficient (Wildman–Crippen LogP) is 4.69. The van der Waals surface area contributed by atoms with E-state index in [9.17, 15) is 4.79 Å². The van der Waals surface area contributed by atoms with E-state index < -0.39 is 0 Å². The Morgan fingerprint density at radius 3 is 2.54 bits per heavy atom. The summed E-state index contributed by atoms with van der Waals surface area (Å²) in [5.74, 6) is -0.0584. The van der Waals surface area contributed by atoms with Crippen LogP contribution in [0.2, 0.25) is 5.02 Å². The summed E-state index contributed by atoms with van der Waals surface area (Å²) in [6.45, 7) is 0. The Bertz CT molecular complexity index is 831. The van der Waals surface area contributed by atoms with Crippen molar-refractivity contribution >= 4 is 39.5 Å². The van der Waals surface area contributed by atoms with Gasteiger partial charge in [0.15, 0.2) is 0 Å². The van der Waals surface area contributed by atoms with Crippen molar-refractivity contribution in [3.05, 3.63) is 65.4 Å². The number of rotatable bonds is 5. The average molecular weight is 358 g/mol. The smallest absolute Gasteiger partial charge is 0.229 e. The van der Waals surface area contributed by atoms with Crippen LogP contribution in [0, 0.1) is 0 Å². The van der Waals surface area contributed by atoms with Crippen molar-refractivity contribution in [2.75, 3.05) is 17.7 Å². The number of nitrogens with one attached hydrogen (secondary N) is 2. The van der Waals surface area contributed by atoms with E-state index in [2.05, 4.69) is 15.6 Å². The van der Waals surface area contributed by atoms with Crippen LogP contribution >= 0.6 is 22.9 Å². The minimum atomic E-state index is -0.0584. The molecule has 0 aliphatic heterocycles. The van der Waals surface area contributed by atoms with Crippen molar-refractivity contribution in [1.82, 2.24) is 4.98 Å². The molecule has 0 aliphatic rings. The van der Waals surface area contributed by atoms with Crippen LogP contribution in [0.1, 0.15) is 5.56 Å². The molecule has 0 saturated heterocycles. The fourth-order valence-corrected chi connectivity index (χ4v) is 3.50. The summed E-state index contributed by atoms with van der Waals surface area (Å²) in [7, 11) is 1.84. The number of carbonyl (C=O) groups is 1. The van der Waals surface area contributed by atoms with Crippen molar-refractivity contribution in [3.63, 3.8) is 0 Å². The molecule has 0 atom stereocenters. The maximum atomic E-state index is 12.3. The van der Waals surface area contributed by atoms with Crippen molar-refractivity contribution in [2.24, 2.45) is 0 Å². The standard InChI is InChI=1S/C18H16ClN3OS/c1-20-15-11-16(13-6-8-21-9-7-13)24-18(15)22-17(23)10-12-2-4-14(19)5-3-12/h2-9,11,20H,10H2,1H3,(H,22,23). The van der Waals surface area contributed by atoms with E-state index in [0.29, 0.717) is 11.4 Å². The lowest BCUT2D eigenvalue weighted by molar-refractivity contribution is -0.115. The highest BCUT2D eigenvalue weighted by Crippen LogP contribution is 2.38. The van der Waals surface area contributed by atoms with Crippen LogP contribution in [0.4, 0.5) is 10.7 Å². The number of hydrogen-bond donors (Lipinski definition) is 2. The second-order valence-corrected chi connectivity index (χ2v) is 6.68. The van der Waals surface area contributed by atoms with Crippen molar-refractivity contribution in [2.45, 2.75) is 6.42 Å². The minimum absolute atomic E-state index is 0.0584. The number of benzene rings is 1. The van der Waals surface area contributed by atoms with Crippen LogP contribution in [0.3, 0.4) is 0 Å². The molecule has 0 unspecified atom stereocenters. The average Bonchev–Trinajstić information content (AvgIpc) is 3.00. The molecule has 1 aromatic carbocycles. The van der Waals surface area contributed by atoms with E-state index in [4.69, 9.17) is 11.6 Å². The Morgan fingerprint density at radius 2 is 1.88 bits per heavy atom. The molecule has 122 valence electrons. The van der Waals surface area contributed by atoms with Gasteiger partial charge in [-0.05, 0) is 41.5 Å². The van der Waals surface area contributed by atoms with E-state index in [0.717, 1.165) is 26.7 Å². The van der Waals surface area contributed by atoms with Gasteiger partial charge in [0.2, 0.25) is 5.91 Å². The molecular formula is C18H16ClN3OS. The Kier molecular flexibility index (Phi) is 5.13. The summed E-state index contributed by atoms with van der Waals surface area (Å²) in [6, 6.07) is 13.2. The molecule has 24 heavy (non-hydrogen) atoms. The van der Waals surface area contributed by atoms with Gasteiger partial charge in [-0.15, -0.1) is 11.3 Å². The van der Waals surface area contributed by atoms with Crippen LogP contribution in [-0.2, 0) is 11.2 Å². The summed E-state index contributed by atoms with van der Waals surface area (Å²) < 4.78 is 0. The first-order chi connectivity index (χ1) is 11.7. The van der Waals surface area contributed by atoms with Crippen LogP contribution in [0.25, 0.3) is 10.4 Å². The number of anilines is 2. The summed E-state index contributed by atoms with van der Waals surface area (Å²) in [6.07, 6.45) is 3.82. The van der Waals surface area contributed by atoms with E-state index in [1.807, 2.05) is 37.4 Å². The summed E-state index contributed by atoms with van der Waals surface area (Å²) in [5, 5.41) is 7.58. The van der Waals surface area contributed by atoms with E-state index in [1.165, 1.54) is 11.3 Å². The lowest BCUT2D eigenvalue weighted by atomic mass is 10.1. The van der Waals surface area contributed by atoms with Gasteiger partial charge >= 0.3 is 0 Å². The Labute approximate surface area is 149 Å². The van der Waals surface area contributed by atoms with Gasteiger partial charge in [0.05, 0.1) is 12.1 Å². The van der Waals surface area contributed by atoms with Gasteiger partial charge in [0.1, 0.15) is 5.00 Å². The zero-order valence-electron chi connectivity index (χ0n) is 13.0. The Balaban J connectivity index is 1.75. The van der Waals surface area contributed by atoms with E-state index in [1.54, 1.807) is 24.5 Å². The first-order valence-electron chi connectivity index (χ1n) is 7.42. The molecule has 2 aromatic heterocycles. The molecule has 1 amide bonds. The minimum Gasteiger partial charge on any atom is -0.386 e. The quantitative estimate of drug-likeness (QED) is 0.696. The summed E-state index contributed by atoms with van der Waals surface area (Å²) >= 11 is 7.40. The second kappa shape index (κ2) is 7.47. The highest BCUT2D eigenvalue weighted by molar-refractivity contribution is 7.20. The summed E-state index contributed by atoms with van der Waals surface area (Å²) in [4.78, 5) is 17.4. The highest BCUT2D eigenvalue weighted by atomic mass is 35.5. The zero-order chi connectivity index (χ0) is 16.9. The van der Waals surface area contributed by atoms with Crippen molar-refractivity contribution in [1.29, 1.82) is 0 Å². The van der Waals surface area contributed by atoms with Crippen LogP contribution in [0.5, 0.6) is 0 Å². The molecular weight excluding hydrogens is 342 g/mol. The SMILES string of the molecule is CNc1cc(-c2ccncc2)sc1NC(=O)Cc1ccc(Cl)cc1. The molecule has 0 radical (unpaired) electrons. The third-order valence-corrected chi connectivity index (χ3v) is 4.85. The predicted molar refractivity (Wildman–Crippen MR) is 101 cm³/mol. The molecule has 6 heteroatoms. The first kappa shape index (κ1) is 16.5. The first-order valence-corrected chi connectivity index (χ1v) is 8.61. The Hall–Kier alpha value is -2.37. The van der Waals surface area contributed by atoms with Crippen LogP contribution in [0.15, 0.2) is 54.9 Å². The largest absolute Gasteiger partial charge is 0.386 e. The summed E-state index contributed by atoms with van der Waals surface area (Å²) in [5.41, 5.74) is 2.90. The lowest BCUT2D eigenvalue weighted by Gasteiger charge is -2.06. The van der Waals surface area contributed by atoms with Crippen LogP contribution in [-0.4, -0.2) is 17.9 Å². The number of nitrogens with zero attached hydrogens (tertiary/aromatic N) is 1. The lowest BCUT2D eigenvalue weighted by Crippen LogP contribution is -2.14. The fraction of sp³-hybridized carbons (Fsp3) is 0.111. The topological polar surface area (TPSA) is 54.0 Å². The molecule has 4 nitrogen and oxygen atoms in total. The third kappa shape index (κ3) is 3.93. The van der Waals surface area contributed by atoms with Gasteiger partial charge in [-0.25, -0.2) is 0 Å². The van der Waals surface area contributed by atoms with Crippen molar-refractivity contribution in [3.8, 4) is 10.4 Å². The number of aromatic nitrogens is 1. The number of halogens is 1. The maximum Gasteiger partial charge on any atom is 0.229 e. The van der Waals surface area contributed by atoms with E-state index >= 15 is 0 Å². The molecule has 0 spiro atoms. The molecule has 0 saturated carbocycles. The van der Waals surface area contributed by atoms with Gasteiger partial charge in [-0.2, -0.15) is 0 Å². The van der Waals surface area contributed by atoms with E-state index in [-0.39, 0.29) is 5.91 Å². The highest BCUT2D eigenvalue weighted by Gasteiger charge is 2.13. The van der Waals surface area contributed by atoms with Crippen molar-refractivity contribution < 1.29 is 4.79 Å². The number of pyridine rings is 1. The molecule has 2 N–H and O–H groups in total. The number of thiophene rings is 1. The second-order valence-electron chi connectivity index (χ2n) is 5.19.